The molecule has 0 unspecified atom stereocenters. The maximum absolute atomic E-state index is 9.01. The molecule has 218 valence electrons. The van der Waals surface area contributed by atoms with E-state index in [1.807, 2.05) is 6.20 Å². The smallest absolute Gasteiger partial charge is 0.498 e. The standard InChI is InChI=1S/C15H29BN2O3Si.C9H18N2O2Si.H2O2/c1-14(2)15(3,4)21-16(20-14)13-10-17-18(11-13)12-19-8-9-22(5,6)7;1-14(2,3)5-4-13-8-11-7-9(12)6-10-11;1-2/h10-11H,8-9,12H2,1-7H3;6-7,12H,4-5,8H2,1-3H3;1-2H. The van der Waals surface area contributed by atoms with Gasteiger partial charge in [-0.25, -0.2) is 9.36 Å². The Morgan fingerprint density at radius 2 is 1.21 bits per heavy atom. The molecule has 0 spiro atoms. The monoisotopic (exact) mass is 572 g/mol. The third kappa shape index (κ3) is 12.6. The van der Waals surface area contributed by atoms with Gasteiger partial charge in [0, 0.05) is 47.2 Å². The first-order chi connectivity index (χ1) is 17.5. The molecule has 3 heterocycles. The molecule has 11 nitrogen and oxygen atoms in total. The predicted molar refractivity (Wildman–Crippen MR) is 155 cm³/mol. The molecule has 0 aliphatic carbocycles. The molecule has 1 saturated heterocycles. The normalized spacial score (nSPS) is 16.5. The Kier molecular flexibility index (Phi) is 13.4. The molecule has 2 aromatic rings. The van der Waals surface area contributed by atoms with Crippen LogP contribution in [0.5, 0.6) is 5.75 Å². The highest BCUT2D eigenvalue weighted by molar-refractivity contribution is 6.76. The lowest BCUT2D eigenvalue weighted by Crippen LogP contribution is -2.41. The highest BCUT2D eigenvalue weighted by Crippen LogP contribution is 2.36. The third-order valence-corrected chi connectivity index (χ3v) is 9.65. The minimum atomic E-state index is -1.04. The minimum Gasteiger partial charge on any atom is -0.505 e. The highest BCUT2D eigenvalue weighted by atomic mass is 28.3. The summed E-state index contributed by atoms with van der Waals surface area (Å²) in [7, 11) is -2.39. The third-order valence-electron chi connectivity index (χ3n) is 6.24. The van der Waals surface area contributed by atoms with Crippen LogP contribution in [0.4, 0.5) is 0 Å². The van der Waals surface area contributed by atoms with Gasteiger partial charge in [0.15, 0.2) is 5.75 Å². The van der Waals surface area contributed by atoms with E-state index < -0.39 is 16.1 Å². The Labute approximate surface area is 230 Å². The molecule has 1 aliphatic rings. The van der Waals surface area contributed by atoms with E-state index in [0.29, 0.717) is 13.5 Å². The van der Waals surface area contributed by atoms with Crippen molar-refractivity contribution in [1.29, 1.82) is 0 Å². The van der Waals surface area contributed by atoms with Crippen LogP contribution in [0.1, 0.15) is 27.7 Å². The molecule has 1 aliphatic heterocycles. The van der Waals surface area contributed by atoms with Crippen LogP contribution in [0.25, 0.3) is 0 Å². The van der Waals surface area contributed by atoms with Gasteiger partial charge in [0.05, 0.1) is 23.6 Å². The molecule has 14 heteroatoms. The lowest BCUT2D eigenvalue weighted by molar-refractivity contribution is -0.176. The number of nitrogens with zero attached hydrogens (tertiary/aromatic N) is 4. The van der Waals surface area contributed by atoms with Crippen LogP contribution in [0, 0.1) is 0 Å². The summed E-state index contributed by atoms with van der Waals surface area (Å²) in [4.78, 5) is 0. The van der Waals surface area contributed by atoms with Crippen LogP contribution in [0.15, 0.2) is 24.8 Å². The van der Waals surface area contributed by atoms with E-state index in [-0.39, 0.29) is 24.1 Å². The molecule has 0 amide bonds. The van der Waals surface area contributed by atoms with Gasteiger partial charge in [-0.05, 0) is 39.8 Å². The first-order valence-corrected chi connectivity index (χ1v) is 20.3. The molecule has 0 saturated carbocycles. The van der Waals surface area contributed by atoms with E-state index in [2.05, 4.69) is 77.2 Å². The molecular formula is C24H49BN4O7Si2. The van der Waals surface area contributed by atoms with Crippen LogP contribution in [-0.4, -0.2) is 82.9 Å². The van der Waals surface area contributed by atoms with E-state index >= 15 is 0 Å². The SMILES string of the molecule is CC1(C)OB(c2cnn(COCC[Si](C)(C)C)c2)OC1(C)C.C[Si](C)(C)CCOCn1cc(O)cn1.OO. The number of hydrogen-bond acceptors (Lipinski definition) is 9. The summed E-state index contributed by atoms with van der Waals surface area (Å²) in [6, 6.07) is 2.32. The van der Waals surface area contributed by atoms with Gasteiger partial charge < -0.3 is 23.9 Å². The molecule has 1 fully saturated rings. The van der Waals surface area contributed by atoms with Crippen molar-refractivity contribution in [3.63, 3.8) is 0 Å². The molecule has 0 bridgehead atoms. The van der Waals surface area contributed by atoms with Gasteiger partial charge in [-0.15, -0.1) is 0 Å². The number of hydrogen-bond donors (Lipinski definition) is 3. The molecule has 0 atom stereocenters. The van der Waals surface area contributed by atoms with Gasteiger partial charge >= 0.3 is 7.12 Å². The van der Waals surface area contributed by atoms with Crippen LogP contribution in [0.3, 0.4) is 0 Å². The molecule has 3 N–H and O–H groups in total. The Hall–Kier alpha value is -1.52. The highest BCUT2D eigenvalue weighted by Gasteiger charge is 2.52. The van der Waals surface area contributed by atoms with E-state index in [1.165, 1.54) is 12.2 Å². The van der Waals surface area contributed by atoms with Gasteiger partial charge in [-0.2, -0.15) is 10.2 Å². The average molecular weight is 573 g/mol. The first-order valence-electron chi connectivity index (χ1n) is 12.9. The fraction of sp³-hybridized carbons (Fsp3) is 0.750. The van der Waals surface area contributed by atoms with Crippen molar-refractivity contribution in [3.8, 4) is 5.75 Å². The summed E-state index contributed by atoms with van der Waals surface area (Å²) in [5, 5.41) is 29.2. The fourth-order valence-electron chi connectivity index (χ4n) is 3.05. The lowest BCUT2D eigenvalue weighted by Gasteiger charge is -2.32. The first kappa shape index (κ1) is 34.5. The molecule has 0 radical (unpaired) electrons. The van der Waals surface area contributed by atoms with E-state index in [9.17, 15) is 0 Å². The van der Waals surface area contributed by atoms with Crippen molar-refractivity contribution in [2.75, 3.05) is 13.2 Å². The maximum atomic E-state index is 9.01. The number of aromatic hydroxyl groups is 1. The Bertz CT molecular complexity index is 927. The van der Waals surface area contributed by atoms with Crippen molar-refractivity contribution in [1.82, 2.24) is 19.6 Å². The van der Waals surface area contributed by atoms with Crippen molar-refractivity contribution >= 4 is 28.7 Å². The van der Waals surface area contributed by atoms with Crippen LogP contribution in [0.2, 0.25) is 51.4 Å². The zero-order valence-electron chi connectivity index (χ0n) is 24.9. The number of rotatable bonds is 11. The summed E-state index contributed by atoms with van der Waals surface area (Å²) >= 11 is 0. The summed E-state index contributed by atoms with van der Waals surface area (Å²) in [6.45, 7) is 24.7. The van der Waals surface area contributed by atoms with Gasteiger partial charge in [-0.1, -0.05) is 39.3 Å². The van der Waals surface area contributed by atoms with E-state index in [0.717, 1.165) is 24.7 Å². The largest absolute Gasteiger partial charge is 0.505 e. The summed E-state index contributed by atoms with van der Waals surface area (Å²) in [5.41, 5.74) is 0.286. The maximum Gasteiger partial charge on any atom is 0.498 e. The molecule has 2 aromatic heterocycles. The van der Waals surface area contributed by atoms with Crippen LogP contribution < -0.4 is 5.46 Å². The minimum absolute atomic E-state index is 0.179. The summed E-state index contributed by atoms with van der Waals surface area (Å²) in [6.07, 6.45) is 6.69. The number of aromatic nitrogens is 4. The Morgan fingerprint density at radius 3 is 1.61 bits per heavy atom. The predicted octanol–water partition coefficient (Wildman–Crippen LogP) is 4.41. The Balaban J connectivity index is 0.000000389. The topological polar surface area (TPSA) is 133 Å². The summed E-state index contributed by atoms with van der Waals surface area (Å²) in [5.74, 6) is 0.179. The second-order valence-electron chi connectivity index (χ2n) is 12.8. The zero-order valence-corrected chi connectivity index (χ0v) is 26.9. The van der Waals surface area contributed by atoms with Crippen LogP contribution in [-0.2, 0) is 32.2 Å². The van der Waals surface area contributed by atoms with E-state index in [4.69, 9.17) is 34.4 Å². The van der Waals surface area contributed by atoms with Crippen LogP contribution >= 0.6 is 0 Å². The second-order valence-corrected chi connectivity index (χ2v) is 24.1. The van der Waals surface area contributed by atoms with Crippen molar-refractivity contribution < 1.29 is 34.4 Å². The van der Waals surface area contributed by atoms with Crippen molar-refractivity contribution in [2.45, 2.75) is 104 Å². The Morgan fingerprint density at radius 1 is 0.789 bits per heavy atom. The fourth-order valence-corrected chi connectivity index (χ4v) is 4.56. The van der Waals surface area contributed by atoms with E-state index in [1.54, 1.807) is 21.8 Å². The van der Waals surface area contributed by atoms with Gasteiger partial charge in [-0.3, -0.25) is 10.5 Å². The lowest BCUT2D eigenvalue weighted by atomic mass is 9.82. The van der Waals surface area contributed by atoms with Gasteiger partial charge in [0.25, 0.3) is 0 Å². The van der Waals surface area contributed by atoms with Crippen molar-refractivity contribution in [3.05, 3.63) is 24.8 Å². The molecule has 38 heavy (non-hydrogen) atoms. The van der Waals surface area contributed by atoms with Gasteiger partial charge in [0.2, 0.25) is 0 Å². The molecular weight excluding hydrogens is 523 g/mol. The van der Waals surface area contributed by atoms with Crippen molar-refractivity contribution in [2.24, 2.45) is 0 Å². The molecule has 3 rings (SSSR count). The van der Waals surface area contributed by atoms with Gasteiger partial charge in [0.1, 0.15) is 13.5 Å². The number of ether oxygens (including phenoxy) is 2. The summed E-state index contributed by atoms with van der Waals surface area (Å²) < 4.78 is 26.6. The second kappa shape index (κ2) is 14.7. The quantitative estimate of drug-likeness (QED) is 0.155. The molecule has 0 aromatic carbocycles. The average Bonchev–Trinajstić information content (AvgIpc) is 3.47. The zero-order chi connectivity index (χ0) is 29.2.